The molecule has 0 saturated carbocycles. The highest BCUT2D eigenvalue weighted by Gasteiger charge is 2.12. The van der Waals surface area contributed by atoms with Crippen LogP contribution in [0.4, 0.5) is 0 Å². The van der Waals surface area contributed by atoms with E-state index in [0.717, 1.165) is 16.2 Å². The number of hydrazine groups is 1. The highest BCUT2D eigenvalue weighted by molar-refractivity contribution is 7.98. The number of hydrogen-bond donors (Lipinski definition) is 2. The van der Waals surface area contributed by atoms with E-state index in [-0.39, 0.29) is 12.3 Å². The summed E-state index contributed by atoms with van der Waals surface area (Å²) in [5.41, 5.74) is 6.01. The third-order valence-electron chi connectivity index (χ3n) is 3.68. The van der Waals surface area contributed by atoms with Crippen molar-refractivity contribution in [1.82, 2.24) is 10.9 Å². The Morgan fingerprint density at radius 2 is 1.89 bits per heavy atom. The Morgan fingerprint density at radius 1 is 1.11 bits per heavy atom. The van der Waals surface area contributed by atoms with Gasteiger partial charge in [-0.25, -0.2) is 0 Å². The van der Waals surface area contributed by atoms with Crippen LogP contribution in [0.2, 0.25) is 10.0 Å². The minimum absolute atomic E-state index is 0.214. The van der Waals surface area contributed by atoms with Crippen molar-refractivity contribution in [2.24, 2.45) is 0 Å². The molecule has 0 bridgehead atoms. The summed E-state index contributed by atoms with van der Waals surface area (Å²) in [6.07, 6.45) is 2.62. The van der Waals surface area contributed by atoms with Crippen LogP contribution in [-0.4, -0.2) is 24.7 Å². The summed E-state index contributed by atoms with van der Waals surface area (Å²) >= 11 is 13.4. The molecule has 0 unspecified atom stereocenters. The lowest BCUT2D eigenvalue weighted by atomic mass is 10.2. The first kappa shape index (κ1) is 21.4. The maximum absolute atomic E-state index is 12.2. The zero-order valence-electron chi connectivity index (χ0n) is 15.0. The third kappa shape index (κ3) is 6.65. The van der Waals surface area contributed by atoms with Gasteiger partial charge in [-0.05, 0) is 61.6 Å². The summed E-state index contributed by atoms with van der Waals surface area (Å²) in [5, 5.41) is 0.976. The fraction of sp³-hybridized carbons (Fsp3) is 0.263. The molecule has 0 heterocycles. The molecule has 0 fully saturated rings. The Hall–Kier alpha value is -1.89. The van der Waals surface area contributed by atoms with Crippen LogP contribution >= 0.6 is 35.0 Å². The minimum Gasteiger partial charge on any atom is -0.493 e. The van der Waals surface area contributed by atoms with Gasteiger partial charge in [0.1, 0.15) is 5.75 Å². The van der Waals surface area contributed by atoms with Crippen molar-refractivity contribution in [1.29, 1.82) is 0 Å². The molecule has 0 aromatic heterocycles. The lowest BCUT2D eigenvalue weighted by Crippen LogP contribution is -2.41. The van der Waals surface area contributed by atoms with Crippen LogP contribution in [0, 0.1) is 6.92 Å². The Morgan fingerprint density at radius 3 is 2.59 bits per heavy atom. The van der Waals surface area contributed by atoms with E-state index in [1.807, 2.05) is 25.3 Å². The average Bonchev–Trinajstić information content (AvgIpc) is 2.65. The van der Waals surface area contributed by atoms with E-state index in [1.54, 1.807) is 24.3 Å². The van der Waals surface area contributed by atoms with Crippen LogP contribution < -0.4 is 15.6 Å². The first-order valence-electron chi connectivity index (χ1n) is 8.22. The molecule has 8 heteroatoms. The third-order valence-corrected chi connectivity index (χ3v) is 4.97. The van der Waals surface area contributed by atoms with Gasteiger partial charge in [0.2, 0.25) is 5.91 Å². The molecule has 0 spiro atoms. The molecule has 0 aliphatic heterocycles. The Kier molecular flexibility index (Phi) is 8.28. The summed E-state index contributed by atoms with van der Waals surface area (Å²) < 4.78 is 5.63. The molecular weight excluding hydrogens is 407 g/mol. The Bertz CT molecular complexity index is 831. The Balaban J connectivity index is 1.74. The predicted molar refractivity (Wildman–Crippen MR) is 110 cm³/mol. The summed E-state index contributed by atoms with van der Waals surface area (Å²) in [7, 11) is 0. The van der Waals surface area contributed by atoms with Gasteiger partial charge in [0, 0.05) is 16.3 Å². The van der Waals surface area contributed by atoms with Gasteiger partial charge in [-0.3, -0.25) is 20.4 Å². The number of carbonyl (C=O) groups excluding carboxylic acids is 2. The maximum Gasteiger partial charge on any atom is 0.271 e. The molecular formula is C19H20Cl2N2O3S. The van der Waals surface area contributed by atoms with Crippen molar-refractivity contribution >= 4 is 46.8 Å². The highest BCUT2D eigenvalue weighted by Crippen LogP contribution is 2.23. The zero-order valence-corrected chi connectivity index (χ0v) is 17.3. The lowest BCUT2D eigenvalue weighted by molar-refractivity contribution is -0.122. The minimum atomic E-state index is -0.461. The molecule has 0 aliphatic rings. The van der Waals surface area contributed by atoms with Crippen molar-refractivity contribution in [3.8, 4) is 5.75 Å². The van der Waals surface area contributed by atoms with Crippen LogP contribution in [0.25, 0.3) is 0 Å². The van der Waals surface area contributed by atoms with Gasteiger partial charge in [0.05, 0.1) is 17.2 Å². The standard InChI is InChI=1S/C19H20Cl2N2O3S/c1-12-10-13(20)5-8-17(12)26-9-3-4-18(24)22-23-19(25)15-11-14(27-2)6-7-16(15)21/h5-8,10-11H,3-4,9H2,1-2H3,(H,22,24)(H,23,25). The first-order valence-corrected chi connectivity index (χ1v) is 10.2. The quantitative estimate of drug-likeness (QED) is 0.384. The van der Waals surface area contributed by atoms with Crippen LogP contribution in [0.1, 0.15) is 28.8 Å². The van der Waals surface area contributed by atoms with Crippen LogP contribution in [0.5, 0.6) is 5.75 Å². The van der Waals surface area contributed by atoms with Crippen LogP contribution in [0.15, 0.2) is 41.3 Å². The molecule has 0 saturated heterocycles. The van der Waals surface area contributed by atoms with Gasteiger partial charge in [-0.2, -0.15) is 0 Å². The molecule has 2 aromatic rings. The summed E-state index contributed by atoms with van der Waals surface area (Å²) in [5.74, 6) is -0.0364. The second-order valence-electron chi connectivity index (χ2n) is 5.71. The second-order valence-corrected chi connectivity index (χ2v) is 7.43. The van der Waals surface area contributed by atoms with E-state index in [1.165, 1.54) is 11.8 Å². The number of benzene rings is 2. The van der Waals surface area contributed by atoms with E-state index in [4.69, 9.17) is 27.9 Å². The SMILES string of the molecule is CSc1ccc(Cl)c(C(=O)NNC(=O)CCCOc2ccc(Cl)cc2C)c1. The largest absolute Gasteiger partial charge is 0.493 e. The molecule has 2 aromatic carbocycles. The van der Waals surface area contributed by atoms with Gasteiger partial charge < -0.3 is 4.74 Å². The number of halogens is 2. The van der Waals surface area contributed by atoms with E-state index < -0.39 is 5.91 Å². The fourth-order valence-electron chi connectivity index (χ4n) is 2.25. The molecule has 0 radical (unpaired) electrons. The maximum atomic E-state index is 12.2. The highest BCUT2D eigenvalue weighted by atomic mass is 35.5. The predicted octanol–water partition coefficient (Wildman–Crippen LogP) is 4.64. The van der Waals surface area contributed by atoms with E-state index >= 15 is 0 Å². The van der Waals surface area contributed by atoms with Crippen molar-refractivity contribution in [3.05, 3.63) is 57.6 Å². The normalized spacial score (nSPS) is 10.4. The number of thioether (sulfide) groups is 1. The number of amides is 2. The van der Waals surface area contributed by atoms with Crippen molar-refractivity contribution in [2.45, 2.75) is 24.7 Å². The van der Waals surface area contributed by atoms with Gasteiger partial charge >= 0.3 is 0 Å². The first-order chi connectivity index (χ1) is 12.9. The molecule has 0 aliphatic carbocycles. The number of aryl methyl sites for hydroxylation is 1. The Labute approximate surface area is 172 Å². The number of ether oxygens (including phenoxy) is 1. The molecule has 27 heavy (non-hydrogen) atoms. The number of carbonyl (C=O) groups is 2. The topological polar surface area (TPSA) is 67.4 Å². The molecule has 0 atom stereocenters. The smallest absolute Gasteiger partial charge is 0.271 e. The molecule has 5 nitrogen and oxygen atoms in total. The van der Waals surface area contributed by atoms with Gasteiger partial charge in [0.25, 0.3) is 5.91 Å². The van der Waals surface area contributed by atoms with Crippen molar-refractivity contribution < 1.29 is 14.3 Å². The van der Waals surface area contributed by atoms with Crippen molar-refractivity contribution in [2.75, 3.05) is 12.9 Å². The van der Waals surface area contributed by atoms with Crippen molar-refractivity contribution in [3.63, 3.8) is 0 Å². The summed E-state index contributed by atoms with van der Waals surface area (Å²) in [6, 6.07) is 10.5. The summed E-state index contributed by atoms with van der Waals surface area (Å²) in [6.45, 7) is 2.28. The zero-order chi connectivity index (χ0) is 19.8. The molecule has 2 rings (SSSR count). The second kappa shape index (κ2) is 10.4. The van der Waals surface area contributed by atoms with Crippen LogP contribution in [-0.2, 0) is 4.79 Å². The molecule has 144 valence electrons. The number of hydrogen-bond acceptors (Lipinski definition) is 4. The fourth-order valence-corrected chi connectivity index (χ4v) is 3.12. The molecule has 2 N–H and O–H groups in total. The van der Waals surface area contributed by atoms with Crippen LogP contribution in [0.3, 0.4) is 0 Å². The van der Waals surface area contributed by atoms with E-state index in [9.17, 15) is 9.59 Å². The average molecular weight is 427 g/mol. The van der Waals surface area contributed by atoms with Gasteiger partial charge in [-0.15, -0.1) is 11.8 Å². The van der Waals surface area contributed by atoms with Gasteiger partial charge in [-0.1, -0.05) is 23.2 Å². The summed E-state index contributed by atoms with van der Waals surface area (Å²) in [4.78, 5) is 24.9. The van der Waals surface area contributed by atoms with E-state index in [2.05, 4.69) is 10.9 Å². The lowest BCUT2D eigenvalue weighted by Gasteiger charge is -2.11. The monoisotopic (exact) mass is 426 g/mol. The van der Waals surface area contributed by atoms with E-state index in [0.29, 0.717) is 28.6 Å². The number of nitrogens with one attached hydrogen (secondary N) is 2. The van der Waals surface area contributed by atoms with Gasteiger partial charge in [0.15, 0.2) is 0 Å². The molecule has 2 amide bonds. The number of rotatable bonds is 7.